The van der Waals surface area contributed by atoms with Gasteiger partial charge < -0.3 is 0 Å². The lowest BCUT2D eigenvalue weighted by atomic mass is 9.91. The lowest BCUT2D eigenvalue weighted by Gasteiger charge is -2.12. The van der Waals surface area contributed by atoms with E-state index in [1.165, 1.54) is 43.8 Å². The van der Waals surface area contributed by atoms with Crippen LogP contribution in [0.15, 0.2) is 103 Å². The number of aromatic nitrogens is 1. The minimum atomic E-state index is 1.19. The number of hydrogen-bond acceptors (Lipinski definition) is 1. The van der Waals surface area contributed by atoms with E-state index < -0.39 is 0 Å². The van der Waals surface area contributed by atoms with Crippen LogP contribution in [-0.2, 0) is 0 Å². The van der Waals surface area contributed by atoms with E-state index in [4.69, 9.17) is 0 Å². The molecule has 0 radical (unpaired) electrons. The molecule has 1 heteroatoms. The van der Waals surface area contributed by atoms with Crippen molar-refractivity contribution in [2.75, 3.05) is 0 Å². The van der Waals surface area contributed by atoms with Gasteiger partial charge >= 0.3 is 0 Å². The van der Waals surface area contributed by atoms with E-state index in [2.05, 4.69) is 83.8 Å². The van der Waals surface area contributed by atoms with E-state index in [1.54, 1.807) is 0 Å². The smallest absolute Gasteiger partial charge is 0.0273 e. The van der Waals surface area contributed by atoms with Gasteiger partial charge in [-0.3, -0.25) is 4.98 Å². The molecule has 0 unspecified atom stereocenters. The van der Waals surface area contributed by atoms with Crippen molar-refractivity contribution < 1.29 is 0 Å². The Balaban J connectivity index is 1.75. The monoisotopic (exact) mass is 331 g/mol. The predicted octanol–water partition coefficient (Wildman–Crippen LogP) is 6.72. The molecule has 0 aliphatic carbocycles. The Kier molecular flexibility index (Phi) is 3.50. The lowest BCUT2D eigenvalue weighted by Crippen LogP contribution is -1.86. The van der Waals surface area contributed by atoms with Gasteiger partial charge in [0.15, 0.2) is 0 Å². The Labute approximate surface area is 152 Å². The van der Waals surface area contributed by atoms with Crippen LogP contribution in [-0.4, -0.2) is 4.98 Å². The van der Waals surface area contributed by atoms with E-state index in [0.29, 0.717) is 0 Å². The first kappa shape index (κ1) is 14.9. The predicted molar refractivity (Wildman–Crippen MR) is 110 cm³/mol. The highest BCUT2D eigenvalue weighted by Gasteiger charge is 2.09. The second-order valence-corrected chi connectivity index (χ2v) is 6.51. The Bertz CT molecular complexity index is 1150. The van der Waals surface area contributed by atoms with E-state index in [-0.39, 0.29) is 0 Å². The van der Waals surface area contributed by atoms with Crippen LogP contribution in [0.1, 0.15) is 0 Å². The molecule has 26 heavy (non-hydrogen) atoms. The third-order valence-corrected chi connectivity index (χ3v) is 4.96. The molecule has 4 aromatic carbocycles. The van der Waals surface area contributed by atoms with Crippen LogP contribution in [0.2, 0.25) is 0 Å². The average molecular weight is 331 g/mol. The van der Waals surface area contributed by atoms with Gasteiger partial charge in [-0.2, -0.15) is 0 Å². The Morgan fingerprint density at radius 1 is 0.462 bits per heavy atom. The third kappa shape index (κ3) is 2.46. The van der Waals surface area contributed by atoms with Crippen molar-refractivity contribution in [1.29, 1.82) is 0 Å². The summed E-state index contributed by atoms with van der Waals surface area (Å²) in [6, 6.07) is 32.5. The topological polar surface area (TPSA) is 12.9 Å². The Hall–Kier alpha value is -3.45. The zero-order chi connectivity index (χ0) is 17.3. The first-order chi connectivity index (χ1) is 12.9. The van der Waals surface area contributed by atoms with Crippen molar-refractivity contribution in [3.8, 4) is 22.3 Å². The van der Waals surface area contributed by atoms with Crippen LogP contribution >= 0.6 is 0 Å². The van der Waals surface area contributed by atoms with E-state index >= 15 is 0 Å². The first-order valence-corrected chi connectivity index (χ1v) is 8.81. The van der Waals surface area contributed by atoms with Crippen LogP contribution in [0.5, 0.6) is 0 Å². The fourth-order valence-electron chi connectivity index (χ4n) is 3.70. The summed E-state index contributed by atoms with van der Waals surface area (Å²) >= 11 is 0. The fraction of sp³-hybridized carbons (Fsp3) is 0. The number of rotatable bonds is 2. The summed E-state index contributed by atoms with van der Waals surface area (Å²) in [5, 5.41) is 5.14. The van der Waals surface area contributed by atoms with Crippen LogP contribution in [0.4, 0.5) is 0 Å². The summed E-state index contributed by atoms with van der Waals surface area (Å²) in [6.07, 6.45) is 3.67. The fourth-order valence-corrected chi connectivity index (χ4v) is 3.70. The van der Waals surface area contributed by atoms with Crippen molar-refractivity contribution in [1.82, 2.24) is 4.98 Å². The molecule has 5 aromatic rings. The van der Waals surface area contributed by atoms with Gasteiger partial charge in [0.2, 0.25) is 0 Å². The van der Waals surface area contributed by atoms with E-state index in [0.717, 1.165) is 0 Å². The highest BCUT2D eigenvalue weighted by molar-refractivity contribution is 6.12. The standard InChI is InChI=1S/C25H17N/c1-3-7-23-21(5-1)17-22-6-2-4-8-24(22)25(23)20-11-9-18(10-12-20)19-13-15-26-16-14-19/h1-17H. The normalized spacial score (nSPS) is 11.1. The minimum absolute atomic E-state index is 1.19. The second kappa shape index (κ2) is 6.12. The minimum Gasteiger partial charge on any atom is -0.265 e. The molecule has 0 aliphatic rings. The Morgan fingerprint density at radius 3 is 1.58 bits per heavy atom. The molecule has 0 saturated heterocycles. The molecular weight excluding hydrogens is 314 g/mol. The molecule has 1 heterocycles. The summed E-state index contributed by atoms with van der Waals surface area (Å²) in [7, 11) is 0. The summed E-state index contributed by atoms with van der Waals surface area (Å²) < 4.78 is 0. The van der Waals surface area contributed by atoms with Crippen LogP contribution in [0.3, 0.4) is 0 Å². The van der Waals surface area contributed by atoms with Gasteiger partial charge in [0.1, 0.15) is 0 Å². The molecule has 0 bridgehead atoms. The largest absolute Gasteiger partial charge is 0.265 e. The van der Waals surface area contributed by atoms with Crippen molar-refractivity contribution in [3.63, 3.8) is 0 Å². The molecule has 1 aromatic heterocycles. The maximum absolute atomic E-state index is 4.10. The van der Waals surface area contributed by atoms with Gasteiger partial charge in [-0.05, 0) is 62.0 Å². The molecule has 122 valence electrons. The van der Waals surface area contributed by atoms with Crippen LogP contribution in [0.25, 0.3) is 43.8 Å². The molecule has 0 amide bonds. The molecule has 0 aliphatic heterocycles. The molecule has 0 saturated carbocycles. The van der Waals surface area contributed by atoms with Gasteiger partial charge in [-0.15, -0.1) is 0 Å². The van der Waals surface area contributed by atoms with Crippen molar-refractivity contribution in [2.45, 2.75) is 0 Å². The molecule has 5 rings (SSSR count). The molecule has 0 spiro atoms. The quantitative estimate of drug-likeness (QED) is 0.327. The van der Waals surface area contributed by atoms with Gasteiger partial charge in [0, 0.05) is 12.4 Å². The first-order valence-electron chi connectivity index (χ1n) is 8.81. The molecule has 0 N–H and O–H groups in total. The number of fused-ring (bicyclic) bond motifs is 2. The number of benzene rings is 4. The van der Waals surface area contributed by atoms with Crippen molar-refractivity contribution in [3.05, 3.63) is 103 Å². The van der Waals surface area contributed by atoms with Crippen molar-refractivity contribution in [2.24, 2.45) is 0 Å². The number of pyridine rings is 1. The maximum atomic E-state index is 4.10. The average Bonchev–Trinajstić information content (AvgIpc) is 2.73. The summed E-state index contributed by atoms with van der Waals surface area (Å²) in [6.45, 7) is 0. The van der Waals surface area contributed by atoms with Gasteiger partial charge in [0.25, 0.3) is 0 Å². The summed E-state index contributed by atoms with van der Waals surface area (Å²) in [5.41, 5.74) is 4.95. The summed E-state index contributed by atoms with van der Waals surface area (Å²) in [4.78, 5) is 4.10. The lowest BCUT2D eigenvalue weighted by molar-refractivity contribution is 1.33. The third-order valence-electron chi connectivity index (χ3n) is 4.96. The summed E-state index contributed by atoms with van der Waals surface area (Å²) in [5.74, 6) is 0. The molecule has 0 fully saturated rings. The zero-order valence-corrected chi connectivity index (χ0v) is 14.3. The van der Waals surface area contributed by atoms with Crippen LogP contribution < -0.4 is 0 Å². The SMILES string of the molecule is c1ccc2c(-c3ccc(-c4ccncc4)cc3)c3ccccc3cc2c1. The molecule has 1 nitrogen and oxygen atoms in total. The van der Waals surface area contributed by atoms with E-state index in [1.807, 2.05) is 24.5 Å². The van der Waals surface area contributed by atoms with Gasteiger partial charge in [0.05, 0.1) is 0 Å². The van der Waals surface area contributed by atoms with Gasteiger partial charge in [-0.1, -0.05) is 72.8 Å². The second-order valence-electron chi connectivity index (χ2n) is 6.51. The highest BCUT2D eigenvalue weighted by Crippen LogP contribution is 2.37. The number of nitrogens with zero attached hydrogens (tertiary/aromatic N) is 1. The zero-order valence-electron chi connectivity index (χ0n) is 14.3. The number of hydrogen-bond donors (Lipinski definition) is 0. The highest BCUT2D eigenvalue weighted by atomic mass is 14.6. The molecule has 0 atom stereocenters. The van der Waals surface area contributed by atoms with Crippen molar-refractivity contribution >= 4 is 21.5 Å². The molecular formula is C25H17N. The maximum Gasteiger partial charge on any atom is 0.0273 e. The van der Waals surface area contributed by atoms with E-state index in [9.17, 15) is 0 Å². The van der Waals surface area contributed by atoms with Crippen LogP contribution in [0, 0.1) is 0 Å². The van der Waals surface area contributed by atoms with Gasteiger partial charge in [-0.25, -0.2) is 0 Å². The Morgan fingerprint density at radius 2 is 0.962 bits per heavy atom.